The van der Waals surface area contributed by atoms with Gasteiger partial charge in [0.25, 0.3) is 0 Å². The first-order chi connectivity index (χ1) is 10.3. The molecule has 21 heavy (non-hydrogen) atoms. The third-order valence-corrected chi connectivity index (χ3v) is 5.34. The number of rotatable bonds is 2. The molecule has 1 aromatic carbocycles. The molecule has 106 valence electrons. The number of carbonyl (C=O) groups excluding carboxylic acids is 1. The van der Waals surface area contributed by atoms with Gasteiger partial charge in [-0.3, -0.25) is 9.20 Å². The van der Waals surface area contributed by atoms with Crippen molar-refractivity contribution in [2.75, 3.05) is 0 Å². The van der Waals surface area contributed by atoms with Gasteiger partial charge in [-0.05, 0) is 32.6 Å². The molecule has 0 radical (unpaired) electrons. The fourth-order valence-corrected chi connectivity index (χ4v) is 4.31. The third-order valence-electron chi connectivity index (χ3n) is 4.19. The number of carbonyl (C=O) groups is 1. The summed E-state index contributed by atoms with van der Waals surface area (Å²) in [5.74, 6) is 0. The van der Waals surface area contributed by atoms with Crippen molar-refractivity contribution >= 4 is 22.6 Å². The Bertz CT molecular complexity index is 827. The third kappa shape index (κ3) is 1.94. The summed E-state index contributed by atoms with van der Waals surface area (Å²) >= 11 is 1.74. The van der Waals surface area contributed by atoms with E-state index in [1.54, 1.807) is 11.3 Å². The molecule has 0 aliphatic heterocycles. The van der Waals surface area contributed by atoms with Crippen molar-refractivity contribution in [3.8, 4) is 11.3 Å². The largest absolute Gasteiger partial charge is 0.296 e. The summed E-state index contributed by atoms with van der Waals surface area (Å²) in [5.41, 5.74) is 5.04. The Hall–Kier alpha value is -1.94. The highest BCUT2D eigenvalue weighted by molar-refractivity contribution is 7.17. The van der Waals surface area contributed by atoms with Crippen molar-refractivity contribution in [2.24, 2.45) is 0 Å². The van der Waals surface area contributed by atoms with Crippen molar-refractivity contribution in [1.82, 2.24) is 9.38 Å². The highest BCUT2D eigenvalue weighted by Gasteiger charge is 2.22. The predicted molar refractivity (Wildman–Crippen MR) is 85.3 cm³/mol. The number of hydrogen-bond acceptors (Lipinski definition) is 3. The number of aromatic nitrogens is 2. The fraction of sp³-hybridized carbons (Fsp3) is 0.294. The summed E-state index contributed by atoms with van der Waals surface area (Å²) in [6.07, 6.45) is 5.59. The molecular formula is C17H16N2OS. The van der Waals surface area contributed by atoms with E-state index in [1.807, 2.05) is 12.1 Å². The molecule has 0 saturated heterocycles. The molecule has 2 aromatic heterocycles. The second-order valence-electron chi connectivity index (χ2n) is 5.63. The molecule has 0 atom stereocenters. The lowest BCUT2D eigenvalue weighted by molar-refractivity contribution is 0.111. The van der Waals surface area contributed by atoms with Gasteiger partial charge in [0.05, 0.1) is 0 Å². The van der Waals surface area contributed by atoms with Crippen molar-refractivity contribution in [1.29, 1.82) is 0 Å². The number of hydrogen-bond donors (Lipinski definition) is 0. The van der Waals surface area contributed by atoms with E-state index in [9.17, 15) is 4.79 Å². The zero-order chi connectivity index (χ0) is 14.4. The van der Waals surface area contributed by atoms with Crippen LogP contribution < -0.4 is 0 Å². The van der Waals surface area contributed by atoms with Gasteiger partial charge in [-0.1, -0.05) is 29.8 Å². The Morgan fingerprint density at radius 1 is 1.19 bits per heavy atom. The lowest BCUT2D eigenvalue weighted by Crippen LogP contribution is -2.04. The number of aryl methyl sites for hydroxylation is 3. The molecule has 0 N–H and O–H groups in total. The maximum atomic E-state index is 11.7. The topological polar surface area (TPSA) is 34.4 Å². The van der Waals surface area contributed by atoms with Crippen LogP contribution in [0.2, 0.25) is 0 Å². The Morgan fingerprint density at radius 2 is 1.95 bits per heavy atom. The lowest BCUT2D eigenvalue weighted by atomic mass is 10.0. The summed E-state index contributed by atoms with van der Waals surface area (Å²) < 4.78 is 2.08. The van der Waals surface area contributed by atoms with Crippen molar-refractivity contribution in [2.45, 2.75) is 32.6 Å². The van der Waals surface area contributed by atoms with Crippen molar-refractivity contribution < 1.29 is 4.79 Å². The average Bonchev–Trinajstić information content (AvgIpc) is 3.03. The normalized spacial score (nSPS) is 14.3. The smallest absolute Gasteiger partial charge is 0.195 e. The Labute approximate surface area is 127 Å². The molecule has 0 fully saturated rings. The highest BCUT2D eigenvalue weighted by atomic mass is 32.1. The maximum absolute atomic E-state index is 11.7. The Kier molecular flexibility index (Phi) is 2.93. The van der Waals surface area contributed by atoms with Crippen LogP contribution in [0, 0.1) is 6.92 Å². The molecule has 4 heteroatoms. The van der Waals surface area contributed by atoms with Crippen LogP contribution in [0.4, 0.5) is 0 Å². The minimum atomic E-state index is 0.702. The average molecular weight is 296 g/mol. The number of imidazole rings is 1. The maximum Gasteiger partial charge on any atom is 0.195 e. The van der Waals surface area contributed by atoms with Crippen LogP contribution in [0.25, 0.3) is 16.2 Å². The Morgan fingerprint density at radius 3 is 2.71 bits per heavy atom. The first-order valence-corrected chi connectivity index (χ1v) is 8.15. The molecule has 0 amide bonds. The van der Waals surface area contributed by atoms with E-state index in [0.717, 1.165) is 35.3 Å². The van der Waals surface area contributed by atoms with Crippen LogP contribution >= 0.6 is 11.3 Å². The van der Waals surface area contributed by atoms with Gasteiger partial charge in [0.1, 0.15) is 11.4 Å². The quantitative estimate of drug-likeness (QED) is 0.668. The SMILES string of the molecule is Cc1ccc(-c2nc3sc4c(n3c2C=O)CCCC4)cc1. The number of aldehydes is 1. The van der Waals surface area contributed by atoms with E-state index in [0.29, 0.717) is 5.69 Å². The summed E-state index contributed by atoms with van der Waals surface area (Å²) in [4.78, 5) is 18.8. The second kappa shape index (κ2) is 4.81. The standard InChI is InChI=1S/C17H16N2OS/c1-11-6-8-12(9-7-11)16-14(10-20)19-13-4-2-3-5-15(13)21-17(19)18-16/h6-10H,2-5H2,1H3. The van der Waals surface area contributed by atoms with E-state index < -0.39 is 0 Å². The number of fused-ring (bicyclic) bond motifs is 3. The van der Waals surface area contributed by atoms with Crippen molar-refractivity contribution in [3.05, 3.63) is 46.1 Å². The van der Waals surface area contributed by atoms with E-state index >= 15 is 0 Å². The zero-order valence-corrected chi connectivity index (χ0v) is 12.7. The van der Waals surface area contributed by atoms with Gasteiger partial charge in [0, 0.05) is 16.1 Å². The zero-order valence-electron chi connectivity index (χ0n) is 11.9. The van der Waals surface area contributed by atoms with Crippen molar-refractivity contribution in [3.63, 3.8) is 0 Å². The van der Waals surface area contributed by atoms with Crippen LogP contribution in [0.3, 0.4) is 0 Å². The van der Waals surface area contributed by atoms with Gasteiger partial charge in [0.2, 0.25) is 0 Å². The van der Waals surface area contributed by atoms with Gasteiger partial charge in [-0.2, -0.15) is 0 Å². The van der Waals surface area contributed by atoms with E-state index in [4.69, 9.17) is 4.98 Å². The van der Waals surface area contributed by atoms with Crippen LogP contribution in [-0.2, 0) is 12.8 Å². The Balaban J connectivity index is 1.96. The molecule has 1 aliphatic carbocycles. The van der Waals surface area contributed by atoms with Crippen LogP contribution in [0.5, 0.6) is 0 Å². The molecule has 1 aliphatic rings. The van der Waals surface area contributed by atoms with Crippen LogP contribution in [0.15, 0.2) is 24.3 Å². The van der Waals surface area contributed by atoms with Gasteiger partial charge in [0.15, 0.2) is 11.2 Å². The summed E-state index contributed by atoms with van der Waals surface area (Å²) in [6, 6.07) is 8.21. The molecule has 0 unspecified atom stereocenters. The number of thiazole rings is 1. The second-order valence-corrected chi connectivity index (χ2v) is 6.69. The van der Waals surface area contributed by atoms with Crippen LogP contribution in [0.1, 0.15) is 39.5 Å². The molecular weight excluding hydrogens is 280 g/mol. The van der Waals surface area contributed by atoms with E-state index in [-0.39, 0.29) is 0 Å². The lowest BCUT2D eigenvalue weighted by Gasteiger charge is -2.11. The fourth-order valence-electron chi connectivity index (χ4n) is 3.09. The summed E-state index contributed by atoms with van der Waals surface area (Å²) in [6.45, 7) is 2.06. The van der Waals surface area contributed by atoms with Crippen LogP contribution in [-0.4, -0.2) is 15.7 Å². The highest BCUT2D eigenvalue weighted by Crippen LogP contribution is 2.34. The van der Waals surface area contributed by atoms with Gasteiger partial charge < -0.3 is 0 Å². The number of nitrogens with zero attached hydrogens (tertiary/aromatic N) is 2. The molecule has 0 bridgehead atoms. The molecule has 4 rings (SSSR count). The monoisotopic (exact) mass is 296 g/mol. The summed E-state index contributed by atoms with van der Waals surface area (Å²) in [5, 5.41) is 0. The van der Waals surface area contributed by atoms with E-state index in [2.05, 4.69) is 23.5 Å². The van der Waals surface area contributed by atoms with E-state index in [1.165, 1.54) is 29.0 Å². The van der Waals surface area contributed by atoms with Gasteiger partial charge >= 0.3 is 0 Å². The molecule has 0 spiro atoms. The predicted octanol–water partition coefficient (Wildman–Crippen LogP) is 4.06. The molecule has 0 saturated carbocycles. The first kappa shape index (κ1) is 12.8. The number of benzene rings is 1. The minimum Gasteiger partial charge on any atom is -0.296 e. The van der Waals surface area contributed by atoms with Gasteiger partial charge in [-0.25, -0.2) is 4.98 Å². The molecule has 3 nitrogen and oxygen atoms in total. The van der Waals surface area contributed by atoms with Gasteiger partial charge in [-0.15, -0.1) is 11.3 Å². The minimum absolute atomic E-state index is 0.702. The molecule has 2 heterocycles. The summed E-state index contributed by atoms with van der Waals surface area (Å²) in [7, 11) is 0. The first-order valence-electron chi connectivity index (χ1n) is 7.33. The molecule has 3 aromatic rings.